The van der Waals surface area contributed by atoms with Gasteiger partial charge in [-0.25, -0.2) is 8.78 Å². The molecule has 0 rings (SSSR count). The van der Waals surface area contributed by atoms with E-state index in [1.54, 1.807) is 0 Å². The van der Waals surface area contributed by atoms with Crippen LogP contribution in [0.5, 0.6) is 0 Å². The maximum Gasteiger partial charge on any atom is 0.239 e. The van der Waals surface area contributed by atoms with E-state index in [0.717, 1.165) is 18.2 Å². The van der Waals surface area contributed by atoms with E-state index >= 15 is 0 Å². The first kappa shape index (κ1) is 11.3. The molecule has 0 aromatic heterocycles. The monoisotopic (exact) mass is 228 g/mol. The minimum Gasteiger partial charge on any atom is -0.211 e. The fourth-order valence-electron chi connectivity index (χ4n) is 1.07. The van der Waals surface area contributed by atoms with E-state index < -0.39 is 6.43 Å². The molecule has 0 saturated heterocycles. The van der Waals surface area contributed by atoms with Gasteiger partial charge in [-0.3, -0.25) is 0 Å². The lowest BCUT2D eigenvalue weighted by Crippen LogP contribution is -2.15. The topological polar surface area (TPSA) is 0 Å². The first-order valence-electron chi connectivity index (χ1n) is 3.82. The number of alkyl halides is 3. The minimum atomic E-state index is -2.17. The number of hydrogen-bond donors (Lipinski definition) is 0. The second kappa shape index (κ2) is 5.07. The molecule has 0 spiro atoms. The molecule has 0 fully saturated rings. The van der Waals surface area contributed by atoms with Crippen molar-refractivity contribution in [1.29, 1.82) is 0 Å². The molecule has 0 N–H and O–H groups in total. The van der Waals surface area contributed by atoms with E-state index in [-0.39, 0.29) is 11.8 Å². The van der Waals surface area contributed by atoms with Gasteiger partial charge in [0, 0.05) is 11.8 Å². The molecular formula is C8H15BrF2. The van der Waals surface area contributed by atoms with E-state index in [1.165, 1.54) is 0 Å². The zero-order valence-corrected chi connectivity index (χ0v) is 8.63. The summed E-state index contributed by atoms with van der Waals surface area (Å²) in [5.41, 5.74) is -0.206. The Kier molecular flexibility index (Phi) is 5.23. The van der Waals surface area contributed by atoms with Gasteiger partial charge in [0.2, 0.25) is 6.43 Å². The summed E-state index contributed by atoms with van der Waals surface area (Å²) in [6.45, 7) is 3.78. The standard InChI is InChI=1S/C8H15BrF2/c1-8(2,4-3-5-9)6-7(10)11/h7H,3-6H2,1-2H3. The molecule has 0 unspecified atom stereocenters. The molecule has 0 heterocycles. The Morgan fingerprint density at radius 3 is 2.27 bits per heavy atom. The van der Waals surface area contributed by atoms with Crippen LogP contribution in [0.4, 0.5) is 8.78 Å². The quantitative estimate of drug-likeness (QED) is 0.628. The second-order valence-corrected chi connectivity index (χ2v) is 4.34. The molecule has 0 aliphatic rings. The molecule has 0 aliphatic carbocycles. The summed E-state index contributed by atoms with van der Waals surface area (Å²) in [5, 5.41) is 0.902. The molecule has 68 valence electrons. The zero-order valence-electron chi connectivity index (χ0n) is 7.04. The molecule has 0 atom stereocenters. The average molecular weight is 229 g/mol. The predicted molar refractivity (Wildman–Crippen MR) is 47.4 cm³/mol. The fraction of sp³-hybridized carbons (Fsp3) is 1.00. The van der Waals surface area contributed by atoms with Crippen LogP contribution in [0.25, 0.3) is 0 Å². The van der Waals surface area contributed by atoms with Gasteiger partial charge in [-0.2, -0.15) is 0 Å². The van der Waals surface area contributed by atoms with E-state index in [2.05, 4.69) is 15.9 Å². The molecule has 0 nitrogen and oxygen atoms in total. The molecule has 0 amide bonds. The Hall–Kier alpha value is 0.340. The van der Waals surface area contributed by atoms with Crippen molar-refractivity contribution in [1.82, 2.24) is 0 Å². The summed E-state index contributed by atoms with van der Waals surface area (Å²) in [7, 11) is 0. The summed E-state index contributed by atoms with van der Waals surface area (Å²) < 4.78 is 23.9. The minimum absolute atomic E-state index is 0.0139. The zero-order chi connectivity index (χ0) is 8.91. The van der Waals surface area contributed by atoms with Crippen molar-refractivity contribution in [3.8, 4) is 0 Å². The second-order valence-electron chi connectivity index (χ2n) is 3.55. The molecule has 0 aromatic rings. The predicted octanol–water partition coefficient (Wildman–Crippen LogP) is 3.84. The van der Waals surface area contributed by atoms with Crippen LogP contribution in [0.1, 0.15) is 33.1 Å². The van der Waals surface area contributed by atoms with E-state index in [4.69, 9.17) is 0 Å². The van der Waals surface area contributed by atoms with Gasteiger partial charge < -0.3 is 0 Å². The van der Waals surface area contributed by atoms with Crippen molar-refractivity contribution in [2.24, 2.45) is 5.41 Å². The third-order valence-corrected chi connectivity index (χ3v) is 2.25. The Bertz CT molecular complexity index is 102. The van der Waals surface area contributed by atoms with Gasteiger partial charge in [0.1, 0.15) is 0 Å². The maximum atomic E-state index is 11.9. The first-order chi connectivity index (χ1) is 4.98. The summed E-state index contributed by atoms with van der Waals surface area (Å²) in [4.78, 5) is 0. The van der Waals surface area contributed by atoms with Gasteiger partial charge in [-0.05, 0) is 18.3 Å². The van der Waals surface area contributed by atoms with Gasteiger partial charge in [0.15, 0.2) is 0 Å². The number of hydrogen-bond acceptors (Lipinski definition) is 0. The summed E-state index contributed by atoms with van der Waals surface area (Å²) in [6, 6.07) is 0. The van der Waals surface area contributed by atoms with Gasteiger partial charge >= 0.3 is 0 Å². The molecule has 0 bridgehead atoms. The third-order valence-electron chi connectivity index (χ3n) is 1.69. The third kappa shape index (κ3) is 6.73. The molecular weight excluding hydrogens is 214 g/mol. The molecule has 11 heavy (non-hydrogen) atoms. The summed E-state index contributed by atoms with van der Waals surface area (Å²) in [5.74, 6) is 0. The van der Waals surface area contributed by atoms with Crippen LogP contribution in [0.2, 0.25) is 0 Å². The van der Waals surface area contributed by atoms with E-state index in [1.807, 2.05) is 13.8 Å². The van der Waals surface area contributed by atoms with Gasteiger partial charge in [0.05, 0.1) is 0 Å². The van der Waals surface area contributed by atoms with Crippen LogP contribution in [-0.2, 0) is 0 Å². The number of rotatable bonds is 5. The van der Waals surface area contributed by atoms with Crippen LogP contribution in [0, 0.1) is 5.41 Å². The van der Waals surface area contributed by atoms with Crippen LogP contribution >= 0.6 is 15.9 Å². The first-order valence-corrected chi connectivity index (χ1v) is 4.94. The Labute approximate surface area is 75.5 Å². The molecule has 0 aliphatic heterocycles. The largest absolute Gasteiger partial charge is 0.239 e. The van der Waals surface area contributed by atoms with Gasteiger partial charge in [0.25, 0.3) is 0 Å². The van der Waals surface area contributed by atoms with Crippen molar-refractivity contribution in [3.63, 3.8) is 0 Å². The summed E-state index contributed by atoms with van der Waals surface area (Å²) in [6.07, 6.45) is -0.317. The van der Waals surface area contributed by atoms with Crippen molar-refractivity contribution in [2.45, 2.75) is 39.5 Å². The maximum absolute atomic E-state index is 11.9. The fourth-order valence-corrected chi connectivity index (χ4v) is 1.35. The highest BCUT2D eigenvalue weighted by molar-refractivity contribution is 9.09. The lowest BCUT2D eigenvalue weighted by molar-refractivity contribution is 0.0834. The van der Waals surface area contributed by atoms with Gasteiger partial charge in [-0.15, -0.1) is 0 Å². The molecule has 0 radical (unpaired) electrons. The van der Waals surface area contributed by atoms with Crippen LogP contribution in [0.3, 0.4) is 0 Å². The summed E-state index contributed by atoms with van der Waals surface area (Å²) >= 11 is 3.28. The van der Waals surface area contributed by atoms with E-state index in [9.17, 15) is 8.78 Å². The molecule has 0 aromatic carbocycles. The number of halogens is 3. The lowest BCUT2D eigenvalue weighted by Gasteiger charge is -2.23. The average Bonchev–Trinajstić information content (AvgIpc) is 1.81. The highest BCUT2D eigenvalue weighted by atomic mass is 79.9. The van der Waals surface area contributed by atoms with Gasteiger partial charge in [-0.1, -0.05) is 29.8 Å². The normalized spacial score (nSPS) is 12.5. The lowest BCUT2D eigenvalue weighted by atomic mass is 9.85. The SMILES string of the molecule is CC(C)(CCCBr)CC(F)F. The Morgan fingerprint density at radius 1 is 1.36 bits per heavy atom. The smallest absolute Gasteiger partial charge is 0.211 e. The molecule has 3 heteroatoms. The van der Waals surface area contributed by atoms with Crippen molar-refractivity contribution >= 4 is 15.9 Å². The van der Waals surface area contributed by atoms with Crippen LogP contribution < -0.4 is 0 Å². The van der Waals surface area contributed by atoms with E-state index in [0.29, 0.717) is 0 Å². The van der Waals surface area contributed by atoms with Crippen LogP contribution in [-0.4, -0.2) is 11.8 Å². The van der Waals surface area contributed by atoms with Crippen molar-refractivity contribution in [3.05, 3.63) is 0 Å². The Morgan fingerprint density at radius 2 is 1.91 bits per heavy atom. The van der Waals surface area contributed by atoms with Crippen LogP contribution in [0.15, 0.2) is 0 Å². The molecule has 0 saturated carbocycles. The van der Waals surface area contributed by atoms with Crippen molar-refractivity contribution in [2.75, 3.05) is 5.33 Å². The Balaban J connectivity index is 3.61. The highest BCUT2D eigenvalue weighted by Crippen LogP contribution is 2.29. The van der Waals surface area contributed by atoms with Crippen molar-refractivity contribution < 1.29 is 8.78 Å². The highest BCUT2D eigenvalue weighted by Gasteiger charge is 2.21.